The van der Waals surface area contributed by atoms with E-state index in [0.717, 1.165) is 65.6 Å². The smallest absolute Gasteiger partial charge is 0.227 e. The third-order valence-corrected chi connectivity index (χ3v) is 10.6. The molecule has 0 amide bonds. The summed E-state index contributed by atoms with van der Waals surface area (Å²) in [5.41, 5.74) is 8.23. The van der Waals surface area contributed by atoms with Gasteiger partial charge in [0.15, 0.2) is 11.2 Å². The Morgan fingerprint density at radius 2 is 1.20 bits per heavy atom. The minimum atomic E-state index is 0.602. The van der Waals surface area contributed by atoms with Crippen LogP contribution in [0.4, 0.5) is 17.1 Å². The lowest BCUT2D eigenvalue weighted by Crippen LogP contribution is -2.10. The van der Waals surface area contributed by atoms with E-state index in [4.69, 9.17) is 18.8 Å². The second kappa shape index (κ2) is 11.2. The number of nitrogens with zero attached hydrogens (tertiary/aromatic N) is 3. The fourth-order valence-electron chi connectivity index (χ4n) is 6.72. The number of thiophene rings is 1. The van der Waals surface area contributed by atoms with Crippen molar-refractivity contribution in [2.45, 2.75) is 0 Å². The maximum Gasteiger partial charge on any atom is 0.227 e. The highest BCUT2D eigenvalue weighted by atomic mass is 79.9. The highest BCUT2D eigenvalue weighted by Gasteiger charge is 2.20. The van der Waals surface area contributed by atoms with Crippen LogP contribution in [-0.4, -0.2) is 9.97 Å². The van der Waals surface area contributed by atoms with Gasteiger partial charge in [0.25, 0.3) is 0 Å². The van der Waals surface area contributed by atoms with Crippen molar-refractivity contribution in [2.75, 3.05) is 4.90 Å². The summed E-state index contributed by atoms with van der Waals surface area (Å²) in [7, 11) is 0. The second-order valence-corrected chi connectivity index (χ2v) is 14.0. The highest BCUT2D eigenvalue weighted by Crippen LogP contribution is 2.44. The zero-order valence-electron chi connectivity index (χ0n) is 25.8. The van der Waals surface area contributed by atoms with Crippen LogP contribution >= 0.6 is 27.3 Å². The maximum atomic E-state index is 6.26. The van der Waals surface area contributed by atoms with Crippen LogP contribution < -0.4 is 4.90 Å². The number of hydrogen-bond acceptors (Lipinski definition) is 6. The summed E-state index contributed by atoms with van der Waals surface area (Å²) in [4.78, 5) is 11.9. The Balaban J connectivity index is 1.17. The molecular formula is C42H24BrN3O2S. The minimum absolute atomic E-state index is 0.602. The van der Waals surface area contributed by atoms with Crippen LogP contribution in [0, 0.1) is 0 Å². The standard InChI is InChI=1S/C42H24BrN3O2S/c43-26-17-21-31-33-24-28(20-22-39(33)49-40(31)23-26)46(27-18-15-25(16-19-27)41-44-34-10-1-3-13-37(34)47-41)36-12-6-7-29-30(36)8-5-9-32(29)42-45-35-11-2-4-14-38(35)48-42/h1-24H. The molecule has 0 N–H and O–H groups in total. The van der Waals surface area contributed by atoms with Crippen molar-refractivity contribution in [1.82, 2.24) is 9.97 Å². The van der Waals surface area contributed by atoms with E-state index in [2.05, 4.69) is 118 Å². The van der Waals surface area contributed by atoms with E-state index in [9.17, 15) is 0 Å². The molecule has 0 aliphatic rings. The number of rotatable bonds is 5. The summed E-state index contributed by atoms with van der Waals surface area (Å²) in [6.45, 7) is 0. The van der Waals surface area contributed by atoms with Crippen LogP contribution in [0.5, 0.6) is 0 Å². The normalized spacial score (nSPS) is 11.8. The van der Waals surface area contributed by atoms with Crippen molar-refractivity contribution >= 4 is 97.5 Å². The average molecular weight is 715 g/mol. The number of oxazole rings is 2. The molecule has 7 aromatic carbocycles. The molecule has 3 aromatic heterocycles. The van der Waals surface area contributed by atoms with Gasteiger partial charge in [0.2, 0.25) is 11.8 Å². The van der Waals surface area contributed by atoms with Crippen LogP contribution in [0.2, 0.25) is 0 Å². The van der Waals surface area contributed by atoms with E-state index < -0.39 is 0 Å². The topological polar surface area (TPSA) is 55.3 Å². The van der Waals surface area contributed by atoms with E-state index in [1.54, 1.807) is 0 Å². The zero-order chi connectivity index (χ0) is 32.5. The highest BCUT2D eigenvalue weighted by molar-refractivity contribution is 9.10. The molecule has 5 nitrogen and oxygen atoms in total. The third kappa shape index (κ3) is 4.73. The van der Waals surface area contributed by atoms with Gasteiger partial charge in [0, 0.05) is 52.5 Å². The fraction of sp³-hybridized carbons (Fsp3) is 0. The van der Waals surface area contributed by atoms with Gasteiger partial charge in [-0.05, 0) is 96.4 Å². The van der Waals surface area contributed by atoms with E-state index in [-0.39, 0.29) is 0 Å². The predicted molar refractivity (Wildman–Crippen MR) is 205 cm³/mol. The summed E-state index contributed by atoms with van der Waals surface area (Å²) in [5.74, 6) is 1.21. The van der Waals surface area contributed by atoms with Crippen LogP contribution in [-0.2, 0) is 0 Å². The molecule has 3 heterocycles. The number of fused-ring (bicyclic) bond motifs is 6. The van der Waals surface area contributed by atoms with E-state index in [1.165, 1.54) is 20.2 Å². The van der Waals surface area contributed by atoms with Gasteiger partial charge in [0.1, 0.15) is 11.0 Å². The van der Waals surface area contributed by atoms with Gasteiger partial charge in [-0.3, -0.25) is 0 Å². The monoisotopic (exact) mass is 713 g/mol. The van der Waals surface area contributed by atoms with Crippen molar-refractivity contribution in [3.05, 3.63) is 150 Å². The van der Waals surface area contributed by atoms with Crippen LogP contribution in [0.15, 0.2) is 159 Å². The molecule has 0 spiro atoms. The number of para-hydroxylation sites is 4. The van der Waals surface area contributed by atoms with Gasteiger partial charge in [-0.1, -0.05) is 70.5 Å². The van der Waals surface area contributed by atoms with E-state index in [0.29, 0.717) is 11.8 Å². The predicted octanol–water partition coefficient (Wildman–Crippen LogP) is 13.1. The number of anilines is 3. The molecule has 0 atom stereocenters. The van der Waals surface area contributed by atoms with Crippen molar-refractivity contribution in [1.29, 1.82) is 0 Å². The number of halogens is 1. The Labute approximate surface area is 292 Å². The number of hydrogen-bond donors (Lipinski definition) is 0. The molecule has 0 aliphatic heterocycles. The lowest BCUT2D eigenvalue weighted by Gasteiger charge is -2.27. The lowest BCUT2D eigenvalue weighted by molar-refractivity contribution is 0.619. The first kappa shape index (κ1) is 28.3. The summed E-state index contributed by atoms with van der Waals surface area (Å²) < 4.78 is 15.9. The van der Waals surface area contributed by atoms with Gasteiger partial charge in [-0.25, -0.2) is 9.97 Å². The Morgan fingerprint density at radius 1 is 0.510 bits per heavy atom. The SMILES string of the molecule is Brc1ccc2c(c1)sc1ccc(N(c3ccc(-c4nc5ccccc5o4)cc3)c3cccc4c(-c5nc6ccccc6o5)cccc34)cc12. The summed E-state index contributed by atoms with van der Waals surface area (Å²) in [5, 5.41) is 4.62. The molecule has 0 unspecified atom stereocenters. The van der Waals surface area contributed by atoms with Crippen molar-refractivity contribution in [3.63, 3.8) is 0 Å². The molecule has 0 fully saturated rings. The Bertz CT molecular complexity index is 2800. The molecular weight excluding hydrogens is 690 g/mol. The Morgan fingerprint density at radius 3 is 2.00 bits per heavy atom. The van der Waals surface area contributed by atoms with Gasteiger partial charge in [-0.2, -0.15) is 0 Å². The first-order valence-electron chi connectivity index (χ1n) is 15.9. The largest absolute Gasteiger partial charge is 0.436 e. The van der Waals surface area contributed by atoms with Gasteiger partial charge >= 0.3 is 0 Å². The molecule has 10 aromatic rings. The molecule has 49 heavy (non-hydrogen) atoms. The Hall–Kier alpha value is -5.76. The van der Waals surface area contributed by atoms with Crippen LogP contribution in [0.1, 0.15) is 0 Å². The van der Waals surface area contributed by atoms with Crippen LogP contribution in [0.25, 0.3) is 76.1 Å². The molecule has 10 rings (SSSR count). The second-order valence-electron chi connectivity index (χ2n) is 12.0. The van der Waals surface area contributed by atoms with Crippen LogP contribution in [0.3, 0.4) is 0 Å². The third-order valence-electron chi connectivity index (χ3n) is 9.01. The van der Waals surface area contributed by atoms with E-state index >= 15 is 0 Å². The van der Waals surface area contributed by atoms with Crippen molar-refractivity contribution in [3.8, 4) is 22.9 Å². The summed E-state index contributed by atoms with van der Waals surface area (Å²) in [6.07, 6.45) is 0. The molecule has 0 aliphatic carbocycles. The maximum absolute atomic E-state index is 6.26. The molecule has 7 heteroatoms. The first-order valence-corrected chi connectivity index (χ1v) is 17.5. The quantitative estimate of drug-likeness (QED) is 0.178. The number of benzene rings is 7. The summed E-state index contributed by atoms with van der Waals surface area (Å²) >= 11 is 5.46. The molecule has 232 valence electrons. The van der Waals surface area contributed by atoms with Gasteiger partial charge in [0.05, 0.1) is 5.69 Å². The van der Waals surface area contributed by atoms with Gasteiger partial charge < -0.3 is 13.7 Å². The van der Waals surface area contributed by atoms with Gasteiger partial charge in [-0.15, -0.1) is 11.3 Å². The zero-order valence-corrected chi connectivity index (χ0v) is 28.2. The molecule has 0 saturated carbocycles. The van der Waals surface area contributed by atoms with Crippen molar-refractivity contribution < 1.29 is 8.83 Å². The first-order chi connectivity index (χ1) is 24.2. The minimum Gasteiger partial charge on any atom is -0.436 e. The fourth-order valence-corrected chi connectivity index (χ4v) is 8.35. The van der Waals surface area contributed by atoms with E-state index in [1.807, 2.05) is 59.9 Å². The average Bonchev–Trinajstić information content (AvgIpc) is 3.87. The Kier molecular flexibility index (Phi) is 6.44. The molecule has 0 radical (unpaired) electrons. The number of aromatic nitrogens is 2. The summed E-state index contributed by atoms with van der Waals surface area (Å²) in [6, 6.07) is 50.2. The molecule has 0 saturated heterocycles. The lowest BCUT2D eigenvalue weighted by atomic mass is 10.0. The molecule has 0 bridgehead atoms. The van der Waals surface area contributed by atoms with Crippen molar-refractivity contribution in [2.24, 2.45) is 0 Å².